The summed E-state index contributed by atoms with van der Waals surface area (Å²) in [4.78, 5) is 0. The van der Waals surface area contributed by atoms with Gasteiger partial charge in [-0.15, -0.1) is 0 Å². The van der Waals surface area contributed by atoms with Gasteiger partial charge >= 0.3 is 0 Å². The zero-order valence-electron chi connectivity index (χ0n) is 11.6. The first-order valence-electron chi connectivity index (χ1n) is 6.46. The van der Waals surface area contributed by atoms with Gasteiger partial charge < -0.3 is 10.2 Å². The molecule has 0 aliphatic heterocycles. The highest BCUT2D eigenvalue weighted by Crippen LogP contribution is 2.26. The van der Waals surface area contributed by atoms with Crippen molar-refractivity contribution in [2.45, 2.75) is 39.4 Å². The van der Waals surface area contributed by atoms with E-state index in [1.165, 1.54) is 0 Å². The van der Waals surface area contributed by atoms with E-state index in [0.717, 1.165) is 17.6 Å². The number of allylic oxidation sites excluding steroid dienone is 2. The van der Waals surface area contributed by atoms with Crippen LogP contribution in [-0.4, -0.2) is 16.3 Å². The van der Waals surface area contributed by atoms with Gasteiger partial charge in [-0.3, -0.25) is 0 Å². The summed E-state index contributed by atoms with van der Waals surface area (Å²) in [5.74, 6) is 0. The van der Waals surface area contributed by atoms with Crippen LogP contribution in [0.5, 0.6) is 0 Å². The Morgan fingerprint density at radius 2 is 2.05 bits per heavy atom. The molecule has 0 saturated heterocycles. The number of aliphatic hydroxyl groups is 2. The molecule has 0 aliphatic rings. The van der Waals surface area contributed by atoms with E-state index in [9.17, 15) is 10.2 Å². The maximum atomic E-state index is 10.3. The van der Waals surface area contributed by atoms with Crippen molar-refractivity contribution < 1.29 is 10.2 Å². The Morgan fingerprint density at radius 3 is 2.58 bits per heavy atom. The fourth-order valence-corrected chi connectivity index (χ4v) is 2.05. The molecule has 0 aromatic heterocycles. The van der Waals surface area contributed by atoms with Crippen LogP contribution in [0.3, 0.4) is 0 Å². The molecule has 19 heavy (non-hydrogen) atoms. The molecule has 0 aliphatic carbocycles. The lowest BCUT2D eigenvalue weighted by atomic mass is 9.96. The highest BCUT2D eigenvalue weighted by atomic mass is 35.5. The van der Waals surface area contributed by atoms with Crippen LogP contribution in [0.2, 0.25) is 5.02 Å². The van der Waals surface area contributed by atoms with Crippen LogP contribution in [0.25, 0.3) is 0 Å². The summed E-state index contributed by atoms with van der Waals surface area (Å²) >= 11 is 5.96. The third kappa shape index (κ3) is 4.20. The lowest BCUT2D eigenvalue weighted by molar-refractivity contribution is 0.0430. The van der Waals surface area contributed by atoms with Crippen LogP contribution in [0.4, 0.5) is 0 Å². The molecule has 2 N–H and O–H groups in total. The number of hydrogen-bond donors (Lipinski definition) is 2. The van der Waals surface area contributed by atoms with Crippen molar-refractivity contribution in [2.75, 3.05) is 0 Å². The summed E-state index contributed by atoms with van der Waals surface area (Å²) < 4.78 is 0. The number of rotatable bonds is 5. The summed E-state index contributed by atoms with van der Waals surface area (Å²) in [5.41, 5.74) is 2.28. The SMILES string of the molecule is C/C=C\C(=C/CC)C(O)C(O)c1ccc(Cl)c(C)c1. The quantitative estimate of drug-likeness (QED) is 0.802. The number of hydrogen-bond acceptors (Lipinski definition) is 2. The molecule has 0 spiro atoms. The van der Waals surface area contributed by atoms with Gasteiger partial charge in [0.2, 0.25) is 0 Å². The minimum absolute atomic E-state index is 0.656. The second kappa shape index (κ2) is 7.49. The molecule has 1 rings (SSSR count). The molecule has 1 aromatic carbocycles. The Morgan fingerprint density at radius 1 is 1.37 bits per heavy atom. The van der Waals surface area contributed by atoms with Crippen LogP contribution in [0, 0.1) is 6.92 Å². The molecule has 0 heterocycles. The smallest absolute Gasteiger partial charge is 0.109 e. The molecule has 0 bridgehead atoms. The van der Waals surface area contributed by atoms with Gasteiger partial charge in [-0.05, 0) is 43.0 Å². The lowest BCUT2D eigenvalue weighted by Crippen LogP contribution is -2.20. The Labute approximate surface area is 120 Å². The first kappa shape index (κ1) is 16.0. The molecule has 0 fully saturated rings. The van der Waals surface area contributed by atoms with Gasteiger partial charge in [-0.2, -0.15) is 0 Å². The first-order chi connectivity index (χ1) is 9.01. The second-order valence-electron chi connectivity index (χ2n) is 4.51. The van der Waals surface area contributed by atoms with Crippen molar-refractivity contribution in [3.63, 3.8) is 0 Å². The fraction of sp³-hybridized carbons (Fsp3) is 0.375. The molecule has 2 unspecified atom stereocenters. The van der Waals surface area contributed by atoms with Gasteiger partial charge in [0.25, 0.3) is 0 Å². The van der Waals surface area contributed by atoms with Crippen molar-refractivity contribution in [1.82, 2.24) is 0 Å². The Hall–Kier alpha value is -1.09. The maximum Gasteiger partial charge on any atom is 0.109 e. The summed E-state index contributed by atoms with van der Waals surface area (Å²) in [7, 11) is 0. The predicted octanol–water partition coefficient (Wildman–Crippen LogP) is 3.96. The van der Waals surface area contributed by atoms with Crippen LogP contribution in [0.1, 0.15) is 37.5 Å². The lowest BCUT2D eigenvalue weighted by Gasteiger charge is -2.20. The number of aryl methyl sites for hydroxylation is 1. The molecule has 3 heteroatoms. The Bertz CT molecular complexity index is 478. The monoisotopic (exact) mass is 280 g/mol. The standard InChI is InChI=1S/C16H21ClO2/c1-4-6-12(7-5-2)15(18)16(19)13-8-9-14(17)11(3)10-13/h4,6-10,15-16,18-19H,5H2,1-3H3/b6-4-,12-7+. The van der Waals surface area contributed by atoms with Crippen molar-refractivity contribution in [1.29, 1.82) is 0 Å². The van der Waals surface area contributed by atoms with Gasteiger partial charge in [0.05, 0.1) is 0 Å². The number of halogens is 1. The van der Waals surface area contributed by atoms with Crippen molar-refractivity contribution >= 4 is 11.6 Å². The zero-order valence-corrected chi connectivity index (χ0v) is 12.4. The molecule has 0 saturated carbocycles. The summed E-state index contributed by atoms with van der Waals surface area (Å²) in [6.07, 6.45) is 4.51. The number of aliphatic hydroxyl groups excluding tert-OH is 2. The highest BCUT2D eigenvalue weighted by molar-refractivity contribution is 6.31. The van der Waals surface area contributed by atoms with E-state index in [0.29, 0.717) is 10.6 Å². The van der Waals surface area contributed by atoms with Crippen molar-refractivity contribution in [3.8, 4) is 0 Å². The highest BCUT2D eigenvalue weighted by Gasteiger charge is 2.21. The predicted molar refractivity (Wildman–Crippen MR) is 80.3 cm³/mol. The van der Waals surface area contributed by atoms with Crippen LogP contribution >= 0.6 is 11.6 Å². The largest absolute Gasteiger partial charge is 0.385 e. The van der Waals surface area contributed by atoms with Crippen molar-refractivity contribution in [3.05, 3.63) is 58.1 Å². The van der Waals surface area contributed by atoms with Crippen LogP contribution in [-0.2, 0) is 0 Å². The third-order valence-electron chi connectivity index (χ3n) is 2.96. The molecular formula is C16H21ClO2. The minimum atomic E-state index is -0.954. The molecule has 2 atom stereocenters. The first-order valence-corrected chi connectivity index (χ1v) is 6.84. The second-order valence-corrected chi connectivity index (χ2v) is 4.92. The summed E-state index contributed by atoms with van der Waals surface area (Å²) in [6.45, 7) is 5.75. The van der Waals surface area contributed by atoms with E-state index in [4.69, 9.17) is 11.6 Å². The minimum Gasteiger partial charge on any atom is -0.385 e. The van der Waals surface area contributed by atoms with E-state index in [1.54, 1.807) is 18.2 Å². The van der Waals surface area contributed by atoms with E-state index in [2.05, 4.69) is 0 Å². The fourth-order valence-electron chi connectivity index (χ4n) is 1.93. The van der Waals surface area contributed by atoms with Gasteiger partial charge in [0, 0.05) is 5.02 Å². The third-order valence-corrected chi connectivity index (χ3v) is 3.39. The molecule has 0 radical (unpaired) electrons. The average Bonchev–Trinajstić information content (AvgIpc) is 2.40. The van der Waals surface area contributed by atoms with E-state index in [-0.39, 0.29) is 0 Å². The number of benzene rings is 1. The molecule has 1 aromatic rings. The van der Waals surface area contributed by atoms with Crippen LogP contribution in [0.15, 0.2) is 42.0 Å². The molecule has 0 amide bonds. The topological polar surface area (TPSA) is 40.5 Å². The molecular weight excluding hydrogens is 260 g/mol. The van der Waals surface area contributed by atoms with E-state index in [1.807, 2.05) is 39.0 Å². The summed E-state index contributed by atoms with van der Waals surface area (Å²) in [5, 5.41) is 21.2. The van der Waals surface area contributed by atoms with Gasteiger partial charge in [-0.1, -0.05) is 48.9 Å². The normalized spacial score (nSPS) is 15.8. The van der Waals surface area contributed by atoms with E-state index < -0.39 is 12.2 Å². The van der Waals surface area contributed by atoms with Gasteiger partial charge in [-0.25, -0.2) is 0 Å². The molecule has 2 nitrogen and oxygen atoms in total. The molecule has 104 valence electrons. The maximum absolute atomic E-state index is 10.3. The van der Waals surface area contributed by atoms with Crippen LogP contribution < -0.4 is 0 Å². The van der Waals surface area contributed by atoms with E-state index >= 15 is 0 Å². The van der Waals surface area contributed by atoms with Gasteiger partial charge in [0.1, 0.15) is 12.2 Å². The Balaban J connectivity index is 3.00. The zero-order chi connectivity index (χ0) is 14.4. The average molecular weight is 281 g/mol. The van der Waals surface area contributed by atoms with Gasteiger partial charge in [0.15, 0.2) is 0 Å². The van der Waals surface area contributed by atoms with Crippen molar-refractivity contribution in [2.24, 2.45) is 0 Å². The Kier molecular flexibility index (Phi) is 6.29. The summed E-state index contributed by atoms with van der Waals surface area (Å²) in [6, 6.07) is 5.28.